The molecule has 1 spiro atoms. The third-order valence-corrected chi connectivity index (χ3v) is 5.16. The van der Waals surface area contributed by atoms with Gasteiger partial charge in [-0.3, -0.25) is 4.79 Å². The fourth-order valence-electron chi connectivity index (χ4n) is 3.52. The van der Waals surface area contributed by atoms with Gasteiger partial charge in [0.2, 0.25) is 0 Å². The van der Waals surface area contributed by atoms with Gasteiger partial charge in [-0.25, -0.2) is 0 Å². The van der Waals surface area contributed by atoms with Crippen molar-refractivity contribution in [1.29, 1.82) is 0 Å². The molecule has 5 nitrogen and oxygen atoms in total. The van der Waals surface area contributed by atoms with Crippen LogP contribution in [-0.4, -0.2) is 32.3 Å². The van der Waals surface area contributed by atoms with E-state index in [0.29, 0.717) is 49.1 Å². The van der Waals surface area contributed by atoms with E-state index >= 15 is 0 Å². The highest BCUT2D eigenvalue weighted by Gasteiger charge is 2.55. The number of amides is 1. The van der Waals surface area contributed by atoms with E-state index in [4.69, 9.17) is 25.8 Å². The number of hydrogen-bond acceptors (Lipinski definition) is 4. The molecule has 2 aliphatic heterocycles. The van der Waals surface area contributed by atoms with Crippen molar-refractivity contribution in [3.8, 4) is 5.75 Å². The van der Waals surface area contributed by atoms with E-state index in [9.17, 15) is 4.79 Å². The molecular formula is C21H22ClNO4. The van der Waals surface area contributed by atoms with Crippen LogP contribution in [0, 0.1) is 6.92 Å². The quantitative estimate of drug-likeness (QED) is 0.726. The molecule has 0 radical (unpaired) electrons. The molecule has 1 saturated heterocycles. The number of ether oxygens (including phenoxy) is 3. The van der Waals surface area contributed by atoms with Gasteiger partial charge in [0.1, 0.15) is 5.75 Å². The summed E-state index contributed by atoms with van der Waals surface area (Å²) < 4.78 is 17.4. The standard InChI is InChI=1S/C21H22ClNO4/c1-15-7-9-16(10-8-15)25-12-3-11-23-19-17(5-2-6-18(19)22)21(20(23)24)26-13-4-14-27-21/h2,5-10H,3-4,11-14H2,1H3. The van der Waals surface area contributed by atoms with Gasteiger partial charge in [-0.2, -0.15) is 0 Å². The van der Waals surface area contributed by atoms with Crippen molar-refractivity contribution in [3.63, 3.8) is 0 Å². The highest BCUT2D eigenvalue weighted by atomic mass is 35.5. The Morgan fingerprint density at radius 1 is 1.15 bits per heavy atom. The van der Waals surface area contributed by atoms with Crippen molar-refractivity contribution in [2.24, 2.45) is 0 Å². The van der Waals surface area contributed by atoms with E-state index in [1.807, 2.05) is 43.3 Å². The number of anilines is 1. The zero-order valence-electron chi connectivity index (χ0n) is 15.2. The maximum absolute atomic E-state index is 13.2. The molecule has 2 heterocycles. The Bertz CT molecular complexity index is 831. The molecule has 0 aromatic heterocycles. The van der Waals surface area contributed by atoms with Gasteiger partial charge in [0.25, 0.3) is 11.7 Å². The molecular weight excluding hydrogens is 366 g/mol. The first-order valence-corrected chi connectivity index (χ1v) is 9.58. The monoisotopic (exact) mass is 387 g/mol. The van der Waals surface area contributed by atoms with E-state index in [-0.39, 0.29) is 5.91 Å². The number of hydrogen-bond donors (Lipinski definition) is 0. The van der Waals surface area contributed by atoms with Crippen LogP contribution in [-0.2, 0) is 20.1 Å². The molecule has 1 fully saturated rings. The van der Waals surface area contributed by atoms with E-state index < -0.39 is 5.79 Å². The molecule has 0 unspecified atom stereocenters. The summed E-state index contributed by atoms with van der Waals surface area (Å²) in [6.45, 7) is 4.00. The summed E-state index contributed by atoms with van der Waals surface area (Å²) in [5.74, 6) is -0.737. The van der Waals surface area contributed by atoms with Gasteiger partial charge in [-0.05, 0) is 38.0 Å². The van der Waals surface area contributed by atoms with Crippen LogP contribution in [0.1, 0.15) is 24.0 Å². The second-order valence-electron chi connectivity index (χ2n) is 6.77. The van der Waals surface area contributed by atoms with Crippen molar-refractivity contribution in [1.82, 2.24) is 0 Å². The van der Waals surface area contributed by atoms with Gasteiger partial charge in [0.15, 0.2) is 0 Å². The van der Waals surface area contributed by atoms with Gasteiger partial charge < -0.3 is 19.1 Å². The highest BCUT2D eigenvalue weighted by molar-refractivity contribution is 6.35. The van der Waals surface area contributed by atoms with Crippen LogP contribution in [0.5, 0.6) is 5.75 Å². The molecule has 0 saturated carbocycles. The highest BCUT2D eigenvalue weighted by Crippen LogP contribution is 2.48. The Hall–Kier alpha value is -2.08. The van der Waals surface area contributed by atoms with Gasteiger partial charge in [-0.1, -0.05) is 41.4 Å². The summed E-state index contributed by atoms with van der Waals surface area (Å²) >= 11 is 6.42. The number of halogens is 1. The molecule has 6 heteroatoms. The van der Waals surface area contributed by atoms with Crippen molar-refractivity contribution < 1.29 is 19.0 Å². The largest absolute Gasteiger partial charge is 0.494 e. The summed E-state index contributed by atoms with van der Waals surface area (Å²) in [4.78, 5) is 14.8. The zero-order valence-corrected chi connectivity index (χ0v) is 16.0. The van der Waals surface area contributed by atoms with E-state index in [2.05, 4.69) is 0 Å². The van der Waals surface area contributed by atoms with Crippen LogP contribution in [0.3, 0.4) is 0 Å². The minimum absolute atomic E-state index is 0.208. The number of nitrogens with zero attached hydrogens (tertiary/aromatic N) is 1. The normalized spacial score (nSPS) is 18.0. The predicted molar refractivity (Wildman–Crippen MR) is 103 cm³/mol. The van der Waals surface area contributed by atoms with Crippen LogP contribution in [0.25, 0.3) is 0 Å². The lowest BCUT2D eigenvalue weighted by Gasteiger charge is -2.32. The number of aryl methyl sites for hydroxylation is 1. The first-order valence-electron chi connectivity index (χ1n) is 9.20. The maximum atomic E-state index is 13.2. The van der Waals surface area contributed by atoms with Crippen molar-refractivity contribution in [2.75, 3.05) is 31.3 Å². The Kier molecular flexibility index (Phi) is 5.08. The Morgan fingerprint density at radius 3 is 2.63 bits per heavy atom. The fourth-order valence-corrected chi connectivity index (χ4v) is 3.80. The van der Waals surface area contributed by atoms with Gasteiger partial charge in [-0.15, -0.1) is 0 Å². The average molecular weight is 388 g/mol. The molecule has 4 rings (SSSR count). The van der Waals surface area contributed by atoms with Crippen LogP contribution >= 0.6 is 11.6 Å². The second kappa shape index (κ2) is 7.50. The summed E-state index contributed by atoms with van der Waals surface area (Å²) in [7, 11) is 0. The molecule has 0 bridgehead atoms. The Morgan fingerprint density at radius 2 is 1.89 bits per heavy atom. The molecule has 2 aliphatic rings. The van der Waals surface area contributed by atoms with Crippen molar-refractivity contribution in [3.05, 3.63) is 58.6 Å². The van der Waals surface area contributed by atoms with Gasteiger partial charge in [0.05, 0.1) is 30.5 Å². The Balaban J connectivity index is 1.48. The van der Waals surface area contributed by atoms with Gasteiger partial charge in [0, 0.05) is 12.1 Å². The fraction of sp³-hybridized carbons (Fsp3) is 0.381. The summed E-state index contributed by atoms with van der Waals surface area (Å²) in [5, 5.41) is 0.523. The topological polar surface area (TPSA) is 48.0 Å². The smallest absolute Gasteiger partial charge is 0.292 e. The maximum Gasteiger partial charge on any atom is 0.292 e. The third-order valence-electron chi connectivity index (χ3n) is 4.85. The lowest BCUT2D eigenvalue weighted by molar-refractivity contribution is -0.256. The Labute approximate surface area is 163 Å². The SMILES string of the molecule is Cc1ccc(OCCCN2C(=O)C3(OCCCO3)c3cccc(Cl)c32)cc1. The average Bonchev–Trinajstić information content (AvgIpc) is 2.91. The molecule has 2 aromatic carbocycles. The van der Waals surface area contributed by atoms with Crippen molar-refractivity contribution in [2.45, 2.75) is 25.6 Å². The predicted octanol–water partition coefficient (Wildman–Crippen LogP) is 4.05. The minimum atomic E-state index is -1.35. The molecule has 0 aliphatic carbocycles. The first kappa shape index (κ1) is 18.3. The number of rotatable bonds is 5. The molecule has 1 amide bonds. The number of benzene rings is 2. The van der Waals surface area contributed by atoms with Gasteiger partial charge >= 0.3 is 0 Å². The number of fused-ring (bicyclic) bond motifs is 2. The summed E-state index contributed by atoms with van der Waals surface area (Å²) in [6.07, 6.45) is 1.44. The van der Waals surface area contributed by atoms with Crippen LogP contribution in [0.15, 0.2) is 42.5 Å². The number of carbonyl (C=O) groups is 1. The molecule has 142 valence electrons. The summed E-state index contributed by atoms with van der Waals surface area (Å²) in [6, 6.07) is 13.4. The first-order chi connectivity index (χ1) is 13.1. The van der Waals surface area contributed by atoms with Crippen LogP contribution in [0.2, 0.25) is 5.02 Å². The lowest BCUT2D eigenvalue weighted by Crippen LogP contribution is -2.47. The summed E-state index contributed by atoms with van der Waals surface area (Å²) in [5.41, 5.74) is 2.56. The number of carbonyl (C=O) groups excluding carboxylic acids is 1. The minimum Gasteiger partial charge on any atom is -0.494 e. The molecule has 0 N–H and O–H groups in total. The third kappa shape index (κ3) is 3.31. The molecule has 0 atom stereocenters. The van der Waals surface area contributed by atoms with E-state index in [1.165, 1.54) is 5.56 Å². The molecule has 27 heavy (non-hydrogen) atoms. The second-order valence-corrected chi connectivity index (χ2v) is 7.18. The lowest BCUT2D eigenvalue weighted by atomic mass is 10.1. The zero-order chi connectivity index (χ0) is 18.9. The van der Waals surface area contributed by atoms with E-state index in [1.54, 1.807) is 11.0 Å². The van der Waals surface area contributed by atoms with Crippen LogP contribution in [0.4, 0.5) is 5.69 Å². The van der Waals surface area contributed by atoms with E-state index in [0.717, 1.165) is 12.2 Å². The molecule has 2 aromatic rings. The number of para-hydroxylation sites is 1. The van der Waals surface area contributed by atoms with Crippen molar-refractivity contribution >= 4 is 23.2 Å². The van der Waals surface area contributed by atoms with Crippen LogP contribution < -0.4 is 9.64 Å².